The van der Waals surface area contributed by atoms with Crippen LogP contribution in [0.15, 0.2) is 41.4 Å². The van der Waals surface area contributed by atoms with E-state index in [1.165, 1.54) is 30.5 Å². The Morgan fingerprint density at radius 2 is 1.95 bits per heavy atom. The molecular weight excluding hydrogens is 339 g/mol. The van der Waals surface area contributed by atoms with E-state index in [-0.39, 0.29) is 26.3 Å². The molecule has 2 aromatic rings. The largest absolute Gasteiger partial charge is 0.478 e. The minimum Gasteiger partial charge on any atom is -0.478 e. The van der Waals surface area contributed by atoms with E-state index in [0.717, 1.165) is 6.07 Å². The molecule has 0 aliphatic rings. The number of anilines is 1. The second-order valence-corrected chi connectivity index (χ2v) is 6.31. The summed E-state index contributed by atoms with van der Waals surface area (Å²) in [4.78, 5) is 14.3. The van der Waals surface area contributed by atoms with Crippen molar-refractivity contribution in [2.45, 2.75) is 4.90 Å². The first kappa shape index (κ1) is 15.6. The summed E-state index contributed by atoms with van der Waals surface area (Å²) in [6.07, 6.45) is 1.40. The van der Waals surface area contributed by atoms with Crippen molar-refractivity contribution in [3.8, 4) is 0 Å². The predicted molar refractivity (Wildman–Crippen MR) is 78.5 cm³/mol. The van der Waals surface area contributed by atoms with Crippen molar-refractivity contribution in [1.29, 1.82) is 0 Å². The molecule has 0 fully saturated rings. The number of nitrogens with zero attached hydrogens (tertiary/aromatic N) is 1. The molecule has 0 aliphatic carbocycles. The number of sulfonamides is 1. The summed E-state index contributed by atoms with van der Waals surface area (Å²) in [5.41, 5.74) is -0.131. The summed E-state index contributed by atoms with van der Waals surface area (Å²) < 4.78 is 26.8. The first-order chi connectivity index (χ1) is 9.81. The Bertz CT molecular complexity index is 809. The van der Waals surface area contributed by atoms with Crippen LogP contribution in [0.2, 0.25) is 10.2 Å². The Labute approximate surface area is 130 Å². The first-order valence-corrected chi connectivity index (χ1v) is 7.71. The zero-order valence-electron chi connectivity index (χ0n) is 10.2. The van der Waals surface area contributed by atoms with Gasteiger partial charge in [0, 0.05) is 6.20 Å². The quantitative estimate of drug-likeness (QED) is 0.829. The van der Waals surface area contributed by atoms with Gasteiger partial charge in [0.15, 0.2) is 5.15 Å². The van der Waals surface area contributed by atoms with E-state index in [1.807, 2.05) is 0 Å². The lowest BCUT2D eigenvalue weighted by molar-refractivity contribution is 0.0696. The number of nitrogens with one attached hydrogen (secondary N) is 1. The molecule has 0 saturated carbocycles. The van der Waals surface area contributed by atoms with Gasteiger partial charge in [-0.2, -0.15) is 0 Å². The predicted octanol–water partition coefficient (Wildman–Crippen LogP) is 2.89. The highest BCUT2D eigenvalue weighted by Gasteiger charge is 2.21. The minimum atomic E-state index is -4.09. The number of benzene rings is 1. The van der Waals surface area contributed by atoms with Crippen molar-refractivity contribution >= 4 is 44.9 Å². The van der Waals surface area contributed by atoms with Crippen LogP contribution in [-0.4, -0.2) is 24.5 Å². The van der Waals surface area contributed by atoms with Crippen molar-refractivity contribution in [2.24, 2.45) is 0 Å². The van der Waals surface area contributed by atoms with E-state index in [1.54, 1.807) is 0 Å². The van der Waals surface area contributed by atoms with E-state index in [2.05, 4.69) is 9.71 Å². The van der Waals surface area contributed by atoms with Crippen LogP contribution in [0.5, 0.6) is 0 Å². The normalized spacial score (nSPS) is 11.1. The van der Waals surface area contributed by atoms with E-state index in [4.69, 9.17) is 28.3 Å². The van der Waals surface area contributed by atoms with Crippen molar-refractivity contribution in [1.82, 2.24) is 4.98 Å². The van der Waals surface area contributed by atoms with Crippen LogP contribution in [0.25, 0.3) is 0 Å². The van der Waals surface area contributed by atoms with E-state index >= 15 is 0 Å². The van der Waals surface area contributed by atoms with Crippen molar-refractivity contribution in [2.75, 3.05) is 4.72 Å². The molecule has 110 valence electrons. The molecule has 1 aromatic heterocycles. The molecule has 1 heterocycles. The number of carbonyl (C=O) groups is 1. The number of hydrogen-bond acceptors (Lipinski definition) is 4. The molecule has 6 nitrogen and oxygen atoms in total. The summed E-state index contributed by atoms with van der Waals surface area (Å²) in [7, 11) is -4.09. The van der Waals surface area contributed by atoms with Crippen molar-refractivity contribution < 1.29 is 18.3 Å². The van der Waals surface area contributed by atoms with Gasteiger partial charge in [-0.15, -0.1) is 0 Å². The van der Waals surface area contributed by atoms with Crippen LogP contribution < -0.4 is 4.72 Å². The van der Waals surface area contributed by atoms with Gasteiger partial charge in [-0.25, -0.2) is 18.2 Å². The van der Waals surface area contributed by atoms with Gasteiger partial charge in [0.2, 0.25) is 0 Å². The van der Waals surface area contributed by atoms with Crippen LogP contribution in [0.1, 0.15) is 10.4 Å². The van der Waals surface area contributed by atoms with Crippen molar-refractivity contribution in [3.63, 3.8) is 0 Å². The van der Waals surface area contributed by atoms with Gasteiger partial charge >= 0.3 is 5.97 Å². The summed E-state index contributed by atoms with van der Waals surface area (Å²) in [5.74, 6) is -1.26. The molecule has 21 heavy (non-hydrogen) atoms. The third kappa shape index (κ3) is 3.44. The van der Waals surface area contributed by atoms with Gasteiger partial charge < -0.3 is 5.11 Å². The molecular formula is C12H8Cl2N2O4S. The van der Waals surface area contributed by atoms with E-state index in [0.29, 0.717) is 0 Å². The highest BCUT2D eigenvalue weighted by atomic mass is 35.5. The monoisotopic (exact) mass is 346 g/mol. The van der Waals surface area contributed by atoms with Crippen LogP contribution in [0.4, 0.5) is 5.69 Å². The molecule has 0 bridgehead atoms. The lowest BCUT2D eigenvalue weighted by Gasteiger charge is -2.10. The maximum atomic E-state index is 12.3. The van der Waals surface area contributed by atoms with Gasteiger partial charge in [0.25, 0.3) is 10.0 Å². The fourth-order valence-electron chi connectivity index (χ4n) is 1.50. The number of rotatable bonds is 4. The van der Waals surface area contributed by atoms with E-state index in [9.17, 15) is 13.2 Å². The number of carboxylic acid groups (broad SMARTS) is 1. The van der Waals surface area contributed by atoms with Crippen LogP contribution >= 0.6 is 23.2 Å². The van der Waals surface area contributed by atoms with Crippen molar-refractivity contribution in [3.05, 3.63) is 52.3 Å². The highest BCUT2D eigenvalue weighted by molar-refractivity contribution is 7.92. The fourth-order valence-corrected chi connectivity index (χ4v) is 3.32. The molecule has 0 spiro atoms. The first-order valence-electron chi connectivity index (χ1n) is 5.47. The molecule has 1 aromatic carbocycles. The van der Waals surface area contributed by atoms with E-state index < -0.39 is 16.0 Å². The number of carboxylic acids is 1. The smallest absolute Gasteiger partial charge is 0.335 e. The Morgan fingerprint density at radius 3 is 2.57 bits per heavy atom. The highest BCUT2D eigenvalue weighted by Crippen LogP contribution is 2.27. The van der Waals surface area contributed by atoms with Gasteiger partial charge in [-0.3, -0.25) is 4.72 Å². The fraction of sp³-hybridized carbons (Fsp3) is 0. The molecule has 0 radical (unpaired) electrons. The van der Waals surface area contributed by atoms with Gasteiger partial charge in [-0.1, -0.05) is 23.2 Å². The van der Waals surface area contributed by atoms with Crippen LogP contribution in [-0.2, 0) is 10.0 Å². The zero-order chi connectivity index (χ0) is 15.6. The molecule has 0 saturated heterocycles. The Balaban J connectivity index is 2.47. The van der Waals surface area contributed by atoms with Gasteiger partial charge in [-0.05, 0) is 30.3 Å². The van der Waals surface area contributed by atoms with Gasteiger partial charge in [0.1, 0.15) is 4.90 Å². The molecule has 2 N–H and O–H groups in total. The SMILES string of the molecule is O=C(O)c1ccc(Cl)c(S(=O)(=O)Nc2cccnc2Cl)c1. The Morgan fingerprint density at radius 1 is 1.24 bits per heavy atom. The number of aromatic nitrogens is 1. The minimum absolute atomic E-state index is 0.0356. The standard InChI is InChI=1S/C12H8Cl2N2O4S/c13-8-4-3-7(12(17)18)6-10(8)21(19,20)16-9-2-1-5-15-11(9)14/h1-6,16H,(H,17,18). The molecule has 0 amide bonds. The molecule has 0 aliphatic heterocycles. The zero-order valence-corrected chi connectivity index (χ0v) is 12.6. The summed E-state index contributed by atoms with van der Waals surface area (Å²) >= 11 is 11.6. The third-order valence-corrected chi connectivity index (χ3v) is 4.62. The lowest BCUT2D eigenvalue weighted by atomic mass is 10.2. The third-order valence-electron chi connectivity index (χ3n) is 2.47. The molecule has 2 rings (SSSR count). The topological polar surface area (TPSA) is 96.4 Å². The Kier molecular flexibility index (Phi) is 4.36. The number of halogens is 2. The molecule has 0 atom stereocenters. The van der Waals surface area contributed by atoms with Gasteiger partial charge in [0.05, 0.1) is 16.3 Å². The summed E-state index contributed by atoms with van der Waals surface area (Å²) in [5, 5.41) is 8.77. The average molecular weight is 347 g/mol. The van der Waals surface area contributed by atoms with Crippen LogP contribution in [0.3, 0.4) is 0 Å². The summed E-state index contributed by atoms with van der Waals surface area (Å²) in [6, 6.07) is 6.29. The average Bonchev–Trinajstić information content (AvgIpc) is 2.41. The lowest BCUT2D eigenvalue weighted by Crippen LogP contribution is -2.15. The molecule has 9 heteroatoms. The summed E-state index contributed by atoms with van der Waals surface area (Å²) in [6.45, 7) is 0. The second-order valence-electron chi connectivity index (χ2n) is 3.90. The maximum Gasteiger partial charge on any atom is 0.335 e. The second kappa shape index (κ2) is 5.88. The van der Waals surface area contributed by atoms with Crippen LogP contribution in [0, 0.1) is 0 Å². The number of aromatic carboxylic acids is 1. The number of hydrogen-bond donors (Lipinski definition) is 2. The Hall–Kier alpha value is -1.83. The molecule has 0 unspecified atom stereocenters. The maximum absolute atomic E-state index is 12.3. The number of pyridine rings is 1.